The Morgan fingerprint density at radius 1 is 1.17 bits per heavy atom. The first-order valence-electron chi connectivity index (χ1n) is 9.09. The van der Waals surface area contributed by atoms with Gasteiger partial charge in [-0.25, -0.2) is 14.3 Å². The second kappa shape index (κ2) is 10.9. The Hall–Kier alpha value is -2.49. The van der Waals surface area contributed by atoms with Crippen molar-refractivity contribution in [2.24, 2.45) is 0 Å². The van der Waals surface area contributed by atoms with Crippen molar-refractivity contribution in [3.8, 4) is 0 Å². The largest absolute Gasteiger partial charge is 0.347 e. The summed E-state index contributed by atoms with van der Waals surface area (Å²) in [4.78, 5) is 16.4. The Labute approximate surface area is 181 Å². The van der Waals surface area contributed by atoms with Gasteiger partial charge in [0, 0.05) is 6.54 Å². The molecule has 0 atom stereocenters. The lowest BCUT2D eigenvalue weighted by molar-refractivity contribution is 0.0945. The number of nitrogens with zero attached hydrogens (tertiary/aromatic N) is 6. The Morgan fingerprint density at radius 2 is 1.93 bits per heavy atom. The predicted octanol–water partition coefficient (Wildman–Crippen LogP) is 1.62. The van der Waals surface area contributed by atoms with E-state index in [0.717, 1.165) is 37.1 Å². The van der Waals surface area contributed by atoms with Crippen molar-refractivity contribution in [2.75, 3.05) is 13.1 Å². The monoisotopic (exact) mass is 438 g/mol. The molecule has 11 heteroatoms. The zero-order chi connectivity index (χ0) is 18.5. The Morgan fingerprint density at radius 3 is 2.66 bits per heavy atom. The molecular formula is C18H24Cl2N8O. The van der Waals surface area contributed by atoms with Gasteiger partial charge in [0.25, 0.3) is 5.91 Å². The normalized spacial score (nSPS) is 13.9. The Bertz CT molecular complexity index is 893. The molecule has 9 nitrogen and oxygen atoms in total. The molecule has 1 saturated heterocycles. The first kappa shape index (κ1) is 22.8. The van der Waals surface area contributed by atoms with Gasteiger partial charge in [-0.15, -0.1) is 29.9 Å². The number of hydrogen-bond acceptors (Lipinski definition) is 6. The molecule has 2 N–H and O–H groups in total. The number of hydrogen-bond donors (Lipinski definition) is 2. The van der Waals surface area contributed by atoms with Crippen molar-refractivity contribution >= 4 is 30.7 Å². The average molecular weight is 439 g/mol. The van der Waals surface area contributed by atoms with Gasteiger partial charge >= 0.3 is 0 Å². The van der Waals surface area contributed by atoms with E-state index in [2.05, 4.69) is 31.0 Å². The molecule has 0 saturated carbocycles. The van der Waals surface area contributed by atoms with Gasteiger partial charge in [-0.05, 0) is 37.1 Å². The lowest BCUT2D eigenvalue weighted by Gasteiger charge is -2.22. The van der Waals surface area contributed by atoms with Crippen molar-refractivity contribution in [1.82, 2.24) is 40.4 Å². The highest BCUT2D eigenvalue weighted by Gasteiger charge is 2.18. The Kier molecular flexibility index (Phi) is 8.56. The zero-order valence-electron chi connectivity index (χ0n) is 15.8. The highest BCUT2D eigenvalue weighted by molar-refractivity contribution is 5.91. The SMILES string of the molecule is Cl.Cl.O=C(NCc1ccccc1Cn1cncn1)c1cn(C2CCNCC2)nn1. The molecule has 0 radical (unpaired) electrons. The fraction of sp³-hybridized carbons (Fsp3) is 0.389. The van der Waals surface area contributed by atoms with E-state index in [9.17, 15) is 4.79 Å². The molecular weight excluding hydrogens is 415 g/mol. The van der Waals surface area contributed by atoms with Crippen LogP contribution in [0.5, 0.6) is 0 Å². The van der Waals surface area contributed by atoms with Crippen molar-refractivity contribution < 1.29 is 4.79 Å². The maximum atomic E-state index is 12.5. The van der Waals surface area contributed by atoms with Gasteiger partial charge in [0.2, 0.25) is 0 Å². The summed E-state index contributed by atoms with van der Waals surface area (Å²) in [6.07, 6.45) is 6.93. The van der Waals surface area contributed by atoms with Crippen LogP contribution in [0.25, 0.3) is 0 Å². The van der Waals surface area contributed by atoms with Gasteiger partial charge < -0.3 is 10.6 Å². The molecule has 1 aliphatic heterocycles. The number of benzene rings is 1. The van der Waals surface area contributed by atoms with E-state index in [1.54, 1.807) is 17.2 Å². The maximum Gasteiger partial charge on any atom is 0.273 e. The molecule has 4 rings (SSSR count). The van der Waals surface area contributed by atoms with Crippen molar-refractivity contribution in [3.05, 3.63) is 59.9 Å². The summed E-state index contributed by atoms with van der Waals surface area (Å²) in [5, 5.41) is 18.6. The highest BCUT2D eigenvalue weighted by Crippen LogP contribution is 2.17. The number of rotatable bonds is 6. The summed E-state index contributed by atoms with van der Waals surface area (Å²) in [6.45, 7) is 2.96. The zero-order valence-corrected chi connectivity index (χ0v) is 17.4. The molecule has 0 bridgehead atoms. The third-order valence-corrected chi connectivity index (χ3v) is 4.78. The number of carbonyl (C=O) groups excluding carboxylic acids is 1. The lowest BCUT2D eigenvalue weighted by Crippen LogP contribution is -2.29. The van der Waals surface area contributed by atoms with Gasteiger partial charge in [-0.1, -0.05) is 29.5 Å². The fourth-order valence-corrected chi connectivity index (χ4v) is 3.27. The fourth-order valence-electron chi connectivity index (χ4n) is 3.27. The van der Waals surface area contributed by atoms with E-state index in [4.69, 9.17) is 0 Å². The summed E-state index contributed by atoms with van der Waals surface area (Å²) in [5.74, 6) is -0.217. The van der Waals surface area contributed by atoms with Crippen molar-refractivity contribution in [1.29, 1.82) is 0 Å². The molecule has 1 amide bonds. The minimum absolute atomic E-state index is 0. The van der Waals surface area contributed by atoms with Crippen LogP contribution in [0.2, 0.25) is 0 Å². The van der Waals surface area contributed by atoms with Gasteiger partial charge in [-0.2, -0.15) is 5.10 Å². The van der Waals surface area contributed by atoms with Crippen LogP contribution in [0, 0.1) is 0 Å². The van der Waals surface area contributed by atoms with Crippen molar-refractivity contribution in [2.45, 2.75) is 32.0 Å². The molecule has 0 unspecified atom stereocenters. The van der Waals surface area contributed by atoms with Crippen LogP contribution in [0.3, 0.4) is 0 Å². The van der Waals surface area contributed by atoms with Crippen molar-refractivity contribution in [3.63, 3.8) is 0 Å². The van der Waals surface area contributed by atoms with E-state index >= 15 is 0 Å². The molecule has 1 aliphatic rings. The van der Waals surface area contributed by atoms with E-state index in [-0.39, 0.29) is 30.7 Å². The van der Waals surface area contributed by atoms with E-state index in [1.165, 1.54) is 6.33 Å². The second-order valence-electron chi connectivity index (χ2n) is 6.61. The minimum atomic E-state index is -0.217. The van der Waals surface area contributed by atoms with E-state index in [0.29, 0.717) is 24.8 Å². The minimum Gasteiger partial charge on any atom is -0.347 e. The topological polar surface area (TPSA) is 103 Å². The molecule has 3 aromatic rings. The average Bonchev–Trinajstić information content (AvgIpc) is 3.40. The number of amides is 1. The lowest BCUT2D eigenvalue weighted by atomic mass is 10.1. The third-order valence-electron chi connectivity index (χ3n) is 4.78. The molecule has 0 spiro atoms. The number of carbonyl (C=O) groups is 1. The summed E-state index contributed by atoms with van der Waals surface area (Å²) < 4.78 is 3.57. The number of piperidine rings is 1. The van der Waals surface area contributed by atoms with Crippen LogP contribution in [0.15, 0.2) is 43.1 Å². The number of aromatic nitrogens is 6. The Balaban J connectivity index is 0.00000150. The van der Waals surface area contributed by atoms with Gasteiger partial charge in [0.05, 0.1) is 18.8 Å². The smallest absolute Gasteiger partial charge is 0.273 e. The van der Waals surface area contributed by atoms with E-state index < -0.39 is 0 Å². The molecule has 29 heavy (non-hydrogen) atoms. The summed E-state index contributed by atoms with van der Waals surface area (Å²) >= 11 is 0. The van der Waals surface area contributed by atoms with Crippen LogP contribution in [0.4, 0.5) is 0 Å². The third kappa shape index (κ3) is 5.75. The quantitative estimate of drug-likeness (QED) is 0.605. The molecule has 156 valence electrons. The van der Waals surface area contributed by atoms with Gasteiger partial charge in [0.15, 0.2) is 5.69 Å². The molecule has 1 aromatic carbocycles. The van der Waals surface area contributed by atoms with E-state index in [1.807, 2.05) is 28.9 Å². The van der Waals surface area contributed by atoms with Gasteiger partial charge in [-0.3, -0.25) is 4.79 Å². The summed E-state index contributed by atoms with van der Waals surface area (Å²) in [5.41, 5.74) is 2.47. The van der Waals surface area contributed by atoms with Gasteiger partial charge in [0.1, 0.15) is 12.7 Å². The van der Waals surface area contributed by atoms with Crippen LogP contribution in [0.1, 0.15) is 40.5 Å². The van der Waals surface area contributed by atoms with Crippen LogP contribution in [-0.2, 0) is 13.1 Å². The first-order chi connectivity index (χ1) is 13.3. The number of nitrogens with one attached hydrogen (secondary N) is 2. The van der Waals surface area contributed by atoms with Crippen LogP contribution >= 0.6 is 24.8 Å². The first-order valence-corrected chi connectivity index (χ1v) is 9.09. The maximum absolute atomic E-state index is 12.5. The predicted molar refractivity (Wildman–Crippen MR) is 112 cm³/mol. The molecule has 1 fully saturated rings. The van der Waals surface area contributed by atoms with Crippen LogP contribution < -0.4 is 10.6 Å². The summed E-state index contributed by atoms with van der Waals surface area (Å²) in [6, 6.07) is 8.26. The standard InChI is InChI=1S/C18H22N8O.2ClH/c27-18(17-11-26(24-23-17)16-5-7-19-8-6-16)21-9-14-3-1-2-4-15(14)10-25-13-20-12-22-25;;/h1-4,11-13,16,19H,5-10H2,(H,21,27);2*1H. The van der Waals surface area contributed by atoms with Crippen LogP contribution in [-0.4, -0.2) is 48.8 Å². The summed E-state index contributed by atoms with van der Waals surface area (Å²) in [7, 11) is 0. The number of halogens is 2. The highest BCUT2D eigenvalue weighted by atomic mass is 35.5. The molecule has 2 aromatic heterocycles. The molecule has 3 heterocycles. The second-order valence-corrected chi connectivity index (χ2v) is 6.61. The molecule has 0 aliphatic carbocycles.